The van der Waals surface area contributed by atoms with Crippen LogP contribution in [0.5, 0.6) is 11.5 Å². The van der Waals surface area contributed by atoms with Gasteiger partial charge in [0.15, 0.2) is 16.7 Å². The van der Waals surface area contributed by atoms with Crippen LogP contribution in [0, 0.1) is 0 Å². The van der Waals surface area contributed by atoms with Gasteiger partial charge in [0.1, 0.15) is 4.60 Å². The normalized spacial score (nSPS) is 12.9. The van der Waals surface area contributed by atoms with Crippen molar-refractivity contribution in [2.24, 2.45) is 0 Å². The Morgan fingerprint density at radius 3 is 2.90 bits per heavy atom. The van der Waals surface area contributed by atoms with Crippen LogP contribution in [0.3, 0.4) is 0 Å². The molecule has 0 saturated carbocycles. The molecule has 1 aromatic heterocycles. The lowest BCUT2D eigenvalue weighted by atomic mass is 10.2. The maximum atomic E-state index is 6.33. The summed E-state index contributed by atoms with van der Waals surface area (Å²) in [5.41, 5.74) is 0.990. The minimum Gasteiger partial charge on any atom is -0.454 e. The van der Waals surface area contributed by atoms with E-state index in [2.05, 4.69) is 32.4 Å². The summed E-state index contributed by atoms with van der Waals surface area (Å²) in [6.07, 6.45) is 3.08. The zero-order chi connectivity index (χ0) is 14.8. The van der Waals surface area contributed by atoms with Crippen LogP contribution in [0.15, 0.2) is 28.1 Å². The summed E-state index contributed by atoms with van der Waals surface area (Å²) in [4.78, 5) is 4.49. The van der Waals surface area contributed by atoms with Crippen LogP contribution >= 0.6 is 39.3 Å². The predicted molar refractivity (Wildman–Crippen MR) is 87.6 cm³/mol. The SMILES string of the molecule is CCCSc1nc(Br)cn1Cc1cc2c(cc1Cl)OCO2. The van der Waals surface area contributed by atoms with Gasteiger partial charge in [-0.25, -0.2) is 4.98 Å². The number of thioether (sulfide) groups is 1. The number of ether oxygens (including phenoxy) is 2. The number of imidazole rings is 1. The Bertz CT molecular complexity index is 663. The number of halogens is 2. The molecule has 0 bridgehead atoms. The smallest absolute Gasteiger partial charge is 0.231 e. The van der Waals surface area contributed by atoms with Crippen LogP contribution in [0.2, 0.25) is 5.02 Å². The molecule has 0 atom stereocenters. The lowest BCUT2D eigenvalue weighted by Crippen LogP contribution is -2.01. The first-order valence-corrected chi connectivity index (χ1v) is 8.76. The van der Waals surface area contributed by atoms with Crippen LogP contribution < -0.4 is 9.47 Å². The average molecular weight is 390 g/mol. The Balaban J connectivity index is 1.86. The minimum absolute atomic E-state index is 0.253. The Kier molecular flexibility index (Phi) is 4.66. The van der Waals surface area contributed by atoms with E-state index in [-0.39, 0.29) is 6.79 Å². The van der Waals surface area contributed by atoms with E-state index in [0.717, 1.165) is 33.2 Å². The summed E-state index contributed by atoms with van der Waals surface area (Å²) in [7, 11) is 0. The second kappa shape index (κ2) is 6.50. The molecule has 0 fully saturated rings. The first kappa shape index (κ1) is 15.1. The number of benzene rings is 1. The van der Waals surface area contributed by atoms with Crippen molar-refractivity contribution >= 4 is 39.3 Å². The molecule has 21 heavy (non-hydrogen) atoms. The maximum Gasteiger partial charge on any atom is 0.231 e. The summed E-state index contributed by atoms with van der Waals surface area (Å²) >= 11 is 11.5. The number of fused-ring (bicyclic) bond motifs is 1. The van der Waals surface area contributed by atoms with Crippen LogP contribution in [0.1, 0.15) is 18.9 Å². The van der Waals surface area contributed by atoms with Crippen molar-refractivity contribution in [3.63, 3.8) is 0 Å². The summed E-state index contributed by atoms with van der Waals surface area (Å²) in [5.74, 6) is 2.49. The molecule has 0 radical (unpaired) electrons. The van der Waals surface area contributed by atoms with Crippen molar-refractivity contribution in [2.45, 2.75) is 25.0 Å². The van der Waals surface area contributed by atoms with Gasteiger partial charge in [-0.2, -0.15) is 0 Å². The topological polar surface area (TPSA) is 36.3 Å². The maximum absolute atomic E-state index is 6.33. The number of hydrogen-bond donors (Lipinski definition) is 0. The fourth-order valence-electron chi connectivity index (χ4n) is 2.05. The second-order valence-corrected chi connectivity index (χ2v) is 6.90. The summed E-state index contributed by atoms with van der Waals surface area (Å²) < 4.78 is 13.7. The van der Waals surface area contributed by atoms with Gasteiger partial charge in [0.2, 0.25) is 6.79 Å². The third-order valence-corrected chi connectivity index (χ3v) is 4.96. The highest BCUT2D eigenvalue weighted by Gasteiger charge is 2.17. The van der Waals surface area contributed by atoms with E-state index in [1.54, 1.807) is 11.8 Å². The molecular formula is C14H14BrClN2O2S. The molecule has 2 heterocycles. The minimum atomic E-state index is 0.253. The summed E-state index contributed by atoms with van der Waals surface area (Å²) in [6, 6.07) is 3.75. The summed E-state index contributed by atoms with van der Waals surface area (Å²) in [6.45, 7) is 3.06. The number of rotatable bonds is 5. The molecule has 4 nitrogen and oxygen atoms in total. The van der Waals surface area contributed by atoms with Gasteiger partial charge in [-0.05, 0) is 34.0 Å². The third-order valence-electron chi connectivity index (χ3n) is 3.03. The molecule has 1 aliphatic heterocycles. The van der Waals surface area contributed by atoms with Gasteiger partial charge in [-0.1, -0.05) is 30.3 Å². The molecule has 3 rings (SSSR count). The molecule has 7 heteroatoms. The Hall–Kier alpha value is -0.850. The van der Waals surface area contributed by atoms with Crippen molar-refractivity contribution < 1.29 is 9.47 Å². The van der Waals surface area contributed by atoms with Crippen molar-refractivity contribution in [1.29, 1.82) is 0 Å². The number of aromatic nitrogens is 2. The molecule has 112 valence electrons. The number of nitrogens with zero attached hydrogens (tertiary/aromatic N) is 2. The van der Waals surface area contributed by atoms with E-state index in [9.17, 15) is 0 Å². The fraction of sp³-hybridized carbons (Fsp3) is 0.357. The van der Waals surface area contributed by atoms with Crippen molar-refractivity contribution in [1.82, 2.24) is 9.55 Å². The van der Waals surface area contributed by atoms with E-state index in [4.69, 9.17) is 21.1 Å². The van der Waals surface area contributed by atoms with E-state index >= 15 is 0 Å². The third kappa shape index (κ3) is 3.33. The Morgan fingerprint density at radius 1 is 1.38 bits per heavy atom. The van der Waals surface area contributed by atoms with Gasteiger partial charge < -0.3 is 14.0 Å². The van der Waals surface area contributed by atoms with Crippen molar-refractivity contribution in [2.75, 3.05) is 12.5 Å². The highest BCUT2D eigenvalue weighted by atomic mass is 79.9. The molecule has 2 aromatic rings. The highest BCUT2D eigenvalue weighted by molar-refractivity contribution is 9.10. The van der Waals surface area contributed by atoms with Gasteiger partial charge in [0.25, 0.3) is 0 Å². The molecule has 0 saturated heterocycles. The zero-order valence-electron chi connectivity index (χ0n) is 11.4. The zero-order valence-corrected chi connectivity index (χ0v) is 14.6. The molecule has 0 amide bonds. The van der Waals surface area contributed by atoms with E-state index in [0.29, 0.717) is 17.3 Å². The van der Waals surface area contributed by atoms with Crippen molar-refractivity contribution in [3.8, 4) is 11.5 Å². The molecule has 1 aliphatic rings. The van der Waals surface area contributed by atoms with Crippen LogP contribution in [0.4, 0.5) is 0 Å². The van der Waals surface area contributed by atoms with Gasteiger partial charge in [0.05, 0.1) is 6.54 Å². The first-order chi connectivity index (χ1) is 10.2. The molecule has 0 unspecified atom stereocenters. The van der Waals surface area contributed by atoms with Gasteiger partial charge in [0, 0.05) is 23.0 Å². The first-order valence-electron chi connectivity index (χ1n) is 6.61. The van der Waals surface area contributed by atoms with Gasteiger partial charge in [-0.15, -0.1) is 0 Å². The average Bonchev–Trinajstić information content (AvgIpc) is 3.03. The fourth-order valence-corrected chi connectivity index (χ4v) is 3.63. The molecule has 0 N–H and O–H groups in total. The van der Waals surface area contributed by atoms with Crippen LogP contribution in [0.25, 0.3) is 0 Å². The Labute approximate surface area is 140 Å². The Morgan fingerprint density at radius 2 is 2.14 bits per heavy atom. The van der Waals surface area contributed by atoms with Gasteiger partial charge >= 0.3 is 0 Å². The highest BCUT2D eigenvalue weighted by Crippen LogP contribution is 2.37. The standard InChI is InChI=1S/C14H14BrClN2O2S/c1-2-3-21-14-17-13(15)7-18(14)6-9-4-11-12(5-10(9)16)20-8-19-11/h4-5,7H,2-3,6,8H2,1H3. The quantitative estimate of drug-likeness (QED) is 0.701. The van der Waals surface area contributed by atoms with Crippen molar-refractivity contribution in [3.05, 3.63) is 33.5 Å². The van der Waals surface area contributed by atoms with Crippen LogP contribution in [-0.4, -0.2) is 22.1 Å². The van der Waals surface area contributed by atoms with E-state index in [1.807, 2.05) is 18.3 Å². The largest absolute Gasteiger partial charge is 0.454 e. The molecule has 0 aliphatic carbocycles. The van der Waals surface area contributed by atoms with E-state index < -0.39 is 0 Å². The molecule has 0 spiro atoms. The predicted octanol–water partition coefficient (Wildman–Crippen LogP) is 4.58. The second-order valence-electron chi connectivity index (χ2n) is 4.62. The summed E-state index contributed by atoms with van der Waals surface area (Å²) in [5, 5.41) is 1.66. The lowest BCUT2D eigenvalue weighted by molar-refractivity contribution is 0.174. The molecule has 1 aromatic carbocycles. The van der Waals surface area contributed by atoms with Crippen LogP contribution in [-0.2, 0) is 6.54 Å². The molecular weight excluding hydrogens is 376 g/mol. The lowest BCUT2D eigenvalue weighted by Gasteiger charge is -2.09. The monoisotopic (exact) mass is 388 g/mol. The number of hydrogen-bond acceptors (Lipinski definition) is 4. The van der Waals surface area contributed by atoms with Gasteiger partial charge in [-0.3, -0.25) is 0 Å². The van der Waals surface area contributed by atoms with E-state index in [1.165, 1.54) is 0 Å².